The summed E-state index contributed by atoms with van der Waals surface area (Å²) in [7, 11) is 0. The van der Waals surface area contributed by atoms with Crippen LogP contribution in [0.4, 0.5) is 34.1 Å². The standard InChI is InChI=1S/C52H36N2O/c1-5-17-37(18-6-1)40-22-15-28-44(33-40)53(42-24-9-3-10-25-42)46-35-48-51-47-30-14-13-21-39(47)31-32-50(51)55-52(48)49(36-46)54(43-26-11-4-12-27-43)45-29-16-23-41(34-45)38-19-7-2-8-20-38/h1-36H. The van der Waals surface area contributed by atoms with Crippen molar-refractivity contribution in [2.24, 2.45) is 0 Å². The summed E-state index contributed by atoms with van der Waals surface area (Å²) in [4.78, 5) is 4.70. The molecule has 9 aromatic carbocycles. The van der Waals surface area contributed by atoms with E-state index in [2.05, 4.69) is 228 Å². The molecule has 0 bridgehead atoms. The van der Waals surface area contributed by atoms with Gasteiger partial charge in [0.2, 0.25) is 0 Å². The van der Waals surface area contributed by atoms with Crippen LogP contribution in [0.25, 0.3) is 55.0 Å². The Kier molecular flexibility index (Phi) is 8.16. The Morgan fingerprint density at radius 1 is 0.309 bits per heavy atom. The van der Waals surface area contributed by atoms with E-state index in [9.17, 15) is 0 Å². The maximum atomic E-state index is 6.99. The molecule has 0 saturated carbocycles. The number of anilines is 6. The fraction of sp³-hybridized carbons (Fsp3) is 0. The maximum absolute atomic E-state index is 6.99. The van der Waals surface area contributed by atoms with Crippen molar-refractivity contribution in [2.45, 2.75) is 0 Å². The molecule has 55 heavy (non-hydrogen) atoms. The molecular weight excluding hydrogens is 669 g/mol. The highest BCUT2D eigenvalue weighted by molar-refractivity contribution is 6.22. The second kappa shape index (κ2) is 13.9. The van der Waals surface area contributed by atoms with Crippen molar-refractivity contribution in [2.75, 3.05) is 9.80 Å². The van der Waals surface area contributed by atoms with Crippen LogP contribution in [-0.4, -0.2) is 0 Å². The highest BCUT2D eigenvalue weighted by atomic mass is 16.3. The van der Waals surface area contributed by atoms with Gasteiger partial charge in [-0.05, 0) is 99.8 Å². The maximum Gasteiger partial charge on any atom is 0.159 e. The number of nitrogens with zero attached hydrogens (tertiary/aromatic N) is 2. The van der Waals surface area contributed by atoms with Crippen LogP contribution in [0.2, 0.25) is 0 Å². The van der Waals surface area contributed by atoms with Gasteiger partial charge in [0.25, 0.3) is 0 Å². The molecule has 10 rings (SSSR count). The molecule has 0 amide bonds. The fourth-order valence-corrected chi connectivity index (χ4v) is 7.85. The van der Waals surface area contributed by atoms with Gasteiger partial charge in [-0.25, -0.2) is 0 Å². The van der Waals surface area contributed by atoms with Gasteiger partial charge in [0.15, 0.2) is 5.58 Å². The van der Waals surface area contributed by atoms with Crippen LogP contribution in [0.3, 0.4) is 0 Å². The van der Waals surface area contributed by atoms with Gasteiger partial charge in [0.05, 0.1) is 5.69 Å². The Hall–Kier alpha value is -7.36. The molecule has 0 unspecified atom stereocenters. The van der Waals surface area contributed by atoms with Crippen LogP contribution < -0.4 is 9.80 Å². The van der Waals surface area contributed by atoms with Crippen LogP contribution in [0.1, 0.15) is 0 Å². The van der Waals surface area contributed by atoms with Gasteiger partial charge in [-0.3, -0.25) is 0 Å². The van der Waals surface area contributed by atoms with Gasteiger partial charge in [-0.1, -0.05) is 152 Å². The lowest BCUT2D eigenvalue weighted by Crippen LogP contribution is -2.13. The molecule has 1 aromatic heterocycles. The topological polar surface area (TPSA) is 19.6 Å². The van der Waals surface area contributed by atoms with E-state index >= 15 is 0 Å². The van der Waals surface area contributed by atoms with E-state index < -0.39 is 0 Å². The Morgan fingerprint density at radius 3 is 1.42 bits per heavy atom. The number of furan rings is 1. The van der Waals surface area contributed by atoms with Crippen LogP contribution in [-0.2, 0) is 0 Å². The van der Waals surface area contributed by atoms with Crippen LogP contribution >= 0.6 is 0 Å². The summed E-state index contributed by atoms with van der Waals surface area (Å²) >= 11 is 0. The highest BCUT2D eigenvalue weighted by Crippen LogP contribution is 2.48. The smallest absolute Gasteiger partial charge is 0.159 e. The highest BCUT2D eigenvalue weighted by Gasteiger charge is 2.25. The molecule has 0 radical (unpaired) electrons. The lowest BCUT2D eigenvalue weighted by Gasteiger charge is -2.30. The number of benzene rings is 9. The number of hydrogen-bond donors (Lipinski definition) is 0. The largest absolute Gasteiger partial charge is 0.454 e. The van der Waals surface area contributed by atoms with E-state index in [0.29, 0.717) is 0 Å². The fourth-order valence-electron chi connectivity index (χ4n) is 7.85. The molecule has 3 nitrogen and oxygen atoms in total. The minimum atomic E-state index is 0.829. The van der Waals surface area contributed by atoms with Crippen LogP contribution in [0.15, 0.2) is 223 Å². The predicted octanol–water partition coefficient (Wildman–Crippen LogP) is 15.0. The average molecular weight is 705 g/mol. The zero-order valence-electron chi connectivity index (χ0n) is 30.1. The molecule has 0 aliphatic heterocycles. The molecule has 0 spiro atoms. The van der Waals surface area contributed by atoms with Gasteiger partial charge >= 0.3 is 0 Å². The van der Waals surface area contributed by atoms with Gasteiger partial charge in [0.1, 0.15) is 5.58 Å². The van der Waals surface area contributed by atoms with E-state index in [1.54, 1.807) is 0 Å². The van der Waals surface area contributed by atoms with Crippen LogP contribution in [0, 0.1) is 0 Å². The van der Waals surface area contributed by atoms with Gasteiger partial charge in [-0.2, -0.15) is 0 Å². The van der Waals surface area contributed by atoms with Gasteiger partial charge in [0, 0.05) is 39.2 Å². The first-order chi connectivity index (χ1) is 27.3. The molecule has 0 aliphatic carbocycles. The van der Waals surface area contributed by atoms with Crippen molar-refractivity contribution in [1.82, 2.24) is 0 Å². The third kappa shape index (κ3) is 5.98. The van der Waals surface area contributed by atoms with Gasteiger partial charge < -0.3 is 14.2 Å². The first-order valence-corrected chi connectivity index (χ1v) is 18.7. The third-order valence-corrected chi connectivity index (χ3v) is 10.4. The number of para-hydroxylation sites is 2. The summed E-state index contributed by atoms with van der Waals surface area (Å²) in [6, 6.07) is 77.5. The molecule has 0 fully saturated rings. The Morgan fingerprint density at radius 2 is 0.800 bits per heavy atom. The molecule has 0 saturated heterocycles. The Labute approximate surface area is 320 Å². The number of hydrogen-bond acceptors (Lipinski definition) is 3. The molecule has 10 aromatic rings. The van der Waals surface area contributed by atoms with Crippen molar-refractivity contribution >= 4 is 66.8 Å². The van der Waals surface area contributed by atoms with Crippen molar-refractivity contribution in [3.8, 4) is 22.3 Å². The van der Waals surface area contributed by atoms with Crippen molar-refractivity contribution in [3.05, 3.63) is 218 Å². The summed E-state index contributed by atoms with van der Waals surface area (Å²) in [5.74, 6) is 0. The number of rotatable bonds is 8. The summed E-state index contributed by atoms with van der Waals surface area (Å²) < 4.78 is 6.99. The second-order valence-corrected chi connectivity index (χ2v) is 13.8. The first kappa shape index (κ1) is 32.3. The minimum Gasteiger partial charge on any atom is -0.454 e. The molecule has 0 aliphatic rings. The summed E-state index contributed by atoms with van der Waals surface area (Å²) in [6.45, 7) is 0. The van der Waals surface area contributed by atoms with Crippen molar-refractivity contribution in [1.29, 1.82) is 0 Å². The summed E-state index contributed by atoms with van der Waals surface area (Å²) in [6.07, 6.45) is 0. The predicted molar refractivity (Wildman–Crippen MR) is 231 cm³/mol. The molecule has 1 heterocycles. The number of fused-ring (bicyclic) bond motifs is 5. The zero-order chi connectivity index (χ0) is 36.6. The molecule has 0 N–H and O–H groups in total. The SMILES string of the molecule is c1ccc(-c2cccc(N(c3ccccc3)c3cc(N(c4ccccc4)c4cccc(-c5ccccc5)c4)c4oc5ccc6ccccc6c5c4c3)c2)cc1. The first-order valence-electron chi connectivity index (χ1n) is 18.7. The Bertz CT molecular complexity index is 2920. The lowest BCUT2D eigenvalue weighted by molar-refractivity contribution is 0.669. The zero-order valence-corrected chi connectivity index (χ0v) is 30.1. The second-order valence-electron chi connectivity index (χ2n) is 13.8. The molecule has 260 valence electrons. The van der Waals surface area contributed by atoms with Crippen LogP contribution in [0.5, 0.6) is 0 Å². The third-order valence-electron chi connectivity index (χ3n) is 10.4. The van der Waals surface area contributed by atoms with E-state index in [0.717, 1.165) is 72.6 Å². The normalized spacial score (nSPS) is 11.3. The van der Waals surface area contributed by atoms with E-state index in [-0.39, 0.29) is 0 Å². The van der Waals surface area contributed by atoms with Crippen molar-refractivity contribution < 1.29 is 4.42 Å². The van der Waals surface area contributed by atoms with E-state index in [1.165, 1.54) is 16.5 Å². The summed E-state index contributed by atoms with van der Waals surface area (Å²) in [5, 5.41) is 4.50. The monoisotopic (exact) mass is 704 g/mol. The van der Waals surface area contributed by atoms with Gasteiger partial charge in [-0.15, -0.1) is 0 Å². The quantitative estimate of drug-likeness (QED) is 0.157. The Balaban J connectivity index is 1.29. The molecule has 0 atom stereocenters. The lowest BCUT2D eigenvalue weighted by atomic mass is 10.0. The van der Waals surface area contributed by atoms with E-state index in [1.807, 2.05) is 0 Å². The molecule has 3 heteroatoms. The summed E-state index contributed by atoms with van der Waals surface area (Å²) in [5.41, 5.74) is 12.5. The van der Waals surface area contributed by atoms with E-state index in [4.69, 9.17) is 4.42 Å². The molecular formula is C52H36N2O. The average Bonchev–Trinajstić information content (AvgIpc) is 3.65. The van der Waals surface area contributed by atoms with Crippen molar-refractivity contribution in [3.63, 3.8) is 0 Å². The minimum absolute atomic E-state index is 0.829.